The van der Waals surface area contributed by atoms with Crippen molar-refractivity contribution in [3.8, 4) is 6.07 Å². The van der Waals surface area contributed by atoms with Gasteiger partial charge in [0.1, 0.15) is 11.1 Å². The second kappa shape index (κ2) is 7.28. The average molecular weight is 427 g/mol. The van der Waals surface area contributed by atoms with Crippen molar-refractivity contribution >= 4 is 49.4 Å². The van der Waals surface area contributed by atoms with Gasteiger partial charge in [0.05, 0.1) is 14.3 Å². The summed E-state index contributed by atoms with van der Waals surface area (Å²) in [6, 6.07) is 14.8. The third kappa shape index (κ3) is 3.44. The maximum absolute atomic E-state index is 13.0. The fourth-order valence-corrected chi connectivity index (χ4v) is 6.38. The van der Waals surface area contributed by atoms with Crippen molar-refractivity contribution in [2.24, 2.45) is 5.92 Å². The predicted octanol–water partition coefficient (Wildman–Crippen LogP) is 5.43. The molecule has 2 aromatic carbocycles. The highest BCUT2D eigenvalue weighted by Crippen LogP contribution is 2.37. The highest BCUT2D eigenvalue weighted by molar-refractivity contribution is 7.93. The molecule has 1 aromatic heterocycles. The molecule has 28 heavy (non-hydrogen) atoms. The number of fused-ring (bicyclic) bond motifs is 2. The zero-order valence-electron chi connectivity index (χ0n) is 15.2. The number of sulfonamides is 1. The maximum atomic E-state index is 13.0. The van der Waals surface area contributed by atoms with Crippen LogP contribution in [-0.4, -0.2) is 8.42 Å². The molecular weight excluding hydrogens is 408 g/mol. The molecule has 0 bridgehead atoms. The van der Waals surface area contributed by atoms with Gasteiger partial charge < -0.3 is 0 Å². The van der Waals surface area contributed by atoms with Crippen LogP contribution in [0.4, 0.5) is 5.00 Å². The van der Waals surface area contributed by atoms with Crippen LogP contribution in [-0.2, 0) is 22.9 Å². The van der Waals surface area contributed by atoms with Crippen LogP contribution in [0.15, 0.2) is 47.4 Å². The minimum atomic E-state index is -3.83. The molecular formula is C21H18N2O2S3. The van der Waals surface area contributed by atoms with Gasteiger partial charge in [-0.25, -0.2) is 8.42 Å². The Bertz CT molecular complexity index is 1290. The molecule has 7 heteroatoms. The van der Waals surface area contributed by atoms with E-state index < -0.39 is 10.0 Å². The number of hydrogen-bond donors (Lipinski definition) is 1. The summed E-state index contributed by atoms with van der Waals surface area (Å²) in [4.78, 5) is 0.166. The van der Waals surface area contributed by atoms with Gasteiger partial charge in [-0.2, -0.15) is 5.26 Å². The molecule has 0 fully saturated rings. The zero-order chi connectivity index (χ0) is 19.9. The minimum absolute atomic E-state index is 0.166. The van der Waals surface area contributed by atoms with Crippen molar-refractivity contribution in [3.05, 3.63) is 63.0 Å². The average Bonchev–Trinajstić information content (AvgIpc) is 2.68. The molecule has 1 N–H and O–H groups in total. The van der Waals surface area contributed by atoms with E-state index in [9.17, 15) is 13.7 Å². The van der Waals surface area contributed by atoms with Gasteiger partial charge in [0, 0.05) is 0 Å². The van der Waals surface area contributed by atoms with E-state index in [-0.39, 0.29) is 4.90 Å². The summed E-state index contributed by atoms with van der Waals surface area (Å²) in [6.07, 6.45) is 2.57. The molecule has 1 heterocycles. The summed E-state index contributed by atoms with van der Waals surface area (Å²) in [5.74, 6) is 0.521. The normalized spacial score (nSPS) is 16.4. The van der Waals surface area contributed by atoms with Gasteiger partial charge in [0.2, 0.25) is 0 Å². The second-order valence-electron chi connectivity index (χ2n) is 7.12. The summed E-state index contributed by atoms with van der Waals surface area (Å²) in [6.45, 7) is 2.17. The van der Waals surface area contributed by atoms with Crippen LogP contribution in [0.2, 0.25) is 0 Å². The predicted molar refractivity (Wildman–Crippen MR) is 116 cm³/mol. The molecule has 0 aliphatic heterocycles. The number of benzene rings is 2. The third-order valence-electron chi connectivity index (χ3n) is 5.14. The van der Waals surface area contributed by atoms with Gasteiger partial charge >= 0.3 is 0 Å². The van der Waals surface area contributed by atoms with E-state index >= 15 is 0 Å². The van der Waals surface area contributed by atoms with Gasteiger partial charge in [-0.15, -0.1) is 11.3 Å². The van der Waals surface area contributed by atoms with Crippen molar-refractivity contribution < 1.29 is 8.42 Å². The van der Waals surface area contributed by atoms with Gasteiger partial charge in [-0.1, -0.05) is 49.5 Å². The van der Waals surface area contributed by atoms with E-state index in [1.54, 1.807) is 18.2 Å². The molecule has 1 aliphatic rings. The van der Waals surface area contributed by atoms with Crippen LogP contribution >= 0.6 is 23.6 Å². The second-order valence-corrected chi connectivity index (χ2v) is 10.5. The first kappa shape index (κ1) is 19.1. The van der Waals surface area contributed by atoms with Crippen molar-refractivity contribution in [2.45, 2.75) is 31.1 Å². The molecule has 142 valence electrons. The topological polar surface area (TPSA) is 70.0 Å². The van der Waals surface area contributed by atoms with Crippen LogP contribution in [0.3, 0.4) is 0 Å². The Labute approximate surface area is 173 Å². The first-order valence-corrected chi connectivity index (χ1v) is 11.7. The van der Waals surface area contributed by atoms with Crippen LogP contribution in [0.1, 0.15) is 30.0 Å². The quantitative estimate of drug-likeness (QED) is 0.567. The summed E-state index contributed by atoms with van der Waals surface area (Å²) in [5, 5.41) is 11.9. The van der Waals surface area contributed by atoms with Crippen molar-refractivity contribution in [3.63, 3.8) is 0 Å². The van der Waals surface area contributed by atoms with Gasteiger partial charge in [-0.05, 0) is 59.2 Å². The van der Waals surface area contributed by atoms with Gasteiger partial charge in [0.25, 0.3) is 10.0 Å². The van der Waals surface area contributed by atoms with Crippen molar-refractivity contribution in [1.29, 1.82) is 5.26 Å². The van der Waals surface area contributed by atoms with Crippen LogP contribution in [0, 0.1) is 21.1 Å². The lowest BCUT2D eigenvalue weighted by atomic mass is 9.85. The van der Waals surface area contributed by atoms with E-state index in [4.69, 9.17) is 12.2 Å². The first-order chi connectivity index (χ1) is 13.4. The molecule has 0 saturated heterocycles. The molecule has 4 rings (SSSR count). The van der Waals surface area contributed by atoms with E-state index in [1.165, 1.54) is 11.3 Å². The fraction of sp³-hybridized carbons (Fsp3) is 0.238. The van der Waals surface area contributed by atoms with Crippen LogP contribution < -0.4 is 4.72 Å². The first-order valence-electron chi connectivity index (χ1n) is 8.99. The van der Waals surface area contributed by atoms with E-state index in [2.05, 4.69) is 17.7 Å². The Morgan fingerprint density at radius 1 is 1.18 bits per heavy atom. The Balaban J connectivity index is 1.78. The molecule has 0 amide bonds. The largest absolute Gasteiger partial charge is 0.269 e. The van der Waals surface area contributed by atoms with E-state index in [1.807, 2.05) is 24.3 Å². The fourth-order valence-electron chi connectivity index (χ4n) is 3.65. The maximum Gasteiger partial charge on any atom is 0.262 e. The Morgan fingerprint density at radius 2 is 1.93 bits per heavy atom. The molecule has 4 nitrogen and oxygen atoms in total. The number of nitrogens with one attached hydrogen (secondary N) is 1. The number of rotatable bonds is 3. The molecule has 0 saturated carbocycles. The third-order valence-corrected chi connectivity index (χ3v) is 8.06. The van der Waals surface area contributed by atoms with Gasteiger partial charge in [0.15, 0.2) is 0 Å². The van der Waals surface area contributed by atoms with Crippen LogP contribution in [0.5, 0.6) is 0 Å². The summed E-state index contributed by atoms with van der Waals surface area (Å²) >= 11 is 6.70. The molecule has 0 spiro atoms. The van der Waals surface area contributed by atoms with Gasteiger partial charge in [-0.3, -0.25) is 4.72 Å². The van der Waals surface area contributed by atoms with E-state index in [0.717, 1.165) is 41.2 Å². The highest BCUT2D eigenvalue weighted by atomic mass is 32.2. The zero-order valence-corrected chi connectivity index (χ0v) is 17.7. The summed E-state index contributed by atoms with van der Waals surface area (Å²) in [7, 11) is -3.83. The van der Waals surface area contributed by atoms with Crippen molar-refractivity contribution in [2.75, 3.05) is 4.72 Å². The Kier molecular flexibility index (Phi) is 4.96. The highest BCUT2D eigenvalue weighted by Gasteiger charge is 2.25. The Hall–Kier alpha value is -2.27. The molecule has 1 aliphatic carbocycles. The summed E-state index contributed by atoms with van der Waals surface area (Å²) in [5.41, 5.74) is 2.34. The van der Waals surface area contributed by atoms with Crippen LogP contribution in [0.25, 0.3) is 10.8 Å². The Morgan fingerprint density at radius 3 is 2.68 bits per heavy atom. The van der Waals surface area contributed by atoms with E-state index in [0.29, 0.717) is 20.3 Å². The number of anilines is 1. The molecule has 0 radical (unpaired) electrons. The lowest BCUT2D eigenvalue weighted by Crippen LogP contribution is -2.17. The minimum Gasteiger partial charge on any atom is -0.269 e. The monoisotopic (exact) mass is 426 g/mol. The lowest BCUT2D eigenvalue weighted by molar-refractivity contribution is 0.501. The molecule has 3 aromatic rings. The number of hydrogen-bond acceptors (Lipinski definition) is 5. The smallest absolute Gasteiger partial charge is 0.262 e. The summed E-state index contributed by atoms with van der Waals surface area (Å²) < 4.78 is 29.3. The standard InChI is InChI=1S/C21H18N2O2S3/c1-13-6-9-17-18(10-13)21(26)27-20(19(17)12-22)23-28(24,25)16-8-7-14-4-2-3-5-15(14)11-16/h2-5,7-8,11,13,23H,6,9-10H2,1H3. The molecule has 1 atom stereocenters. The SMILES string of the molecule is CC1CCc2c(C#N)c(NS(=O)(=O)c3ccc4ccccc4c3)sc(=S)c2C1. The number of nitriles is 1. The lowest BCUT2D eigenvalue weighted by Gasteiger charge is -2.23. The van der Waals surface area contributed by atoms with Crippen molar-refractivity contribution in [1.82, 2.24) is 0 Å². The molecule has 1 unspecified atom stereocenters. The number of nitrogens with zero attached hydrogens (tertiary/aromatic N) is 1.